The van der Waals surface area contributed by atoms with Crippen molar-refractivity contribution in [1.29, 1.82) is 0 Å². The summed E-state index contributed by atoms with van der Waals surface area (Å²) >= 11 is 0. The Balaban J connectivity index is 1.54. The molecule has 1 aliphatic rings. The van der Waals surface area contributed by atoms with E-state index in [2.05, 4.69) is 60.5 Å². The summed E-state index contributed by atoms with van der Waals surface area (Å²) in [7, 11) is 0. The summed E-state index contributed by atoms with van der Waals surface area (Å²) < 4.78 is 0. The Hall–Kier alpha value is -2.13. The van der Waals surface area contributed by atoms with Gasteiger partial charge in [-0.25, -0.2) is 0 Å². The van der Waals surface area contributed by atoms with Gasteiger partial charge in [-0.1, -0.05) is 56.3 Å². The van der Waals surface area contributed by atoms with E-state index in [0.717, 1.165) is 44.6 Å². The average Bonchev–Trinajstić information content (AvgIpc) is 2.65. The molecule has 0 unspecified atom stereocenters. The largest absolute Gasteiger partial charge is 0.326 e. The molecule has 1 fully saturated rings. The number of carbonyl (C=O) groups excluding carboxylic acids is 1. The van der Waals surface area contributed by atoms with Gasteiger partial charge in [0.15, 0.2) is 0 Å². The van der Waals surface area contributed by atoms with Crippen LogP contribution in [0.3, 0.4) is 0 Å². The van der Waals surface area contributed by atoms with Crippen molar-refractivity contribution in [3.05, 3.63) is 65.7 Å². The summed E-state index contributed by atoms with van der Waals surface area (Å²) in [5.74, 6) is 0.149. The Morgan fingerprint density at radius 1 is 1.00 bits per heavy atom. The Kier molecular flexibility index (Phi) is 5.54. The predicted octanol–water partition coefficient (Wildman–Crippen LogP) is 4.49. The van der Waals surface area contributed by atoms with E-state index in [9.17, 15) is 4.79 Å². The van der Waals surface area contributed by atoms with Gasteiger partial charge in [0.25, 0.3) is 0 Å². The van der Waals surface area contributed by atoms with Crippen molar-refractivity contribution >= 4 is 11.6 Å². The Bertz CT molecular complexity index is 686. The quantitative estimate of drug-likeness (QED) is 0.872. The number of likely N-dealkylation sites (tertiary alicyclic amines) is 1. The molecule has 0 atom stereocenters. The minimum Gasteiger partial charge on any atom is -0.326 e. The lowest BCUT2D eigenvalue weighted by Gasteiger charge is -2.38. The van der Waals surface area contributed by atoms with Gasteiger partial charge >= 0.3 is 0 Å². The lowest BCUT2D eigenvalue weighted by Crippen LogP contribution is -2.44. The van der Waals surface area contributed by atoms with Crippen molar-refractivity contribution < 1.29 is 4.79 Å². The first-order valence-corrected chi connectivity index (χ1v) is 9.26. The fraction of sp³-hybridized carbons (Fsp3) is 0.409. The third-order valence-electron chi connectivity index (χ3n) is 5.38. The molecule has 132 valence electrons. The number of hydrogen-bond acceptors (Lipinski definition) is 2. The van der Waals surface area contributed by atoms with Gasteiger partial charge in [-0.2, -0.15) is 0 Å². The van der Waals surface area contributed by atoms with Gasteiger partial charge in [-0.3, -0.25) is 9.69 Å². The molecular weight excluding hydrogens is 308 g/mol. The number of nitrogens with zero attached hydrogens (tertiary/aromatic N) is 1. The van der Waals surface area contributed by atoms with Gasteiger partial charge in [0.05, 0.1) is 0 Å². The number of benzene rings is 2. The number of anilines is 1. The molecule has 0 radical (unpaired) electrons. The highest BCUT2D eigenvalue weighted by molar-refractivity contribution is 5.95. The molecule has 3 heteroatoms. The summed E-state index contributed by atoms with van der Waals surface area (Å²) in [4.78, 5) is 15.2. The van der Waals surface area contributed by atoms with Gasteiger partial charge in [-0.15, -0.1) is 0 Å². The molecule has 3 nitrogen and oxygen atoms in total. The van der Waals surface area contributed by atoms with E-state index < -0.39 is 0 Å². The molecule has 0 aromatic heterocycles. The second kappa shape index (κ2) is 7.83. The Morgan fingerprint density at radius 2 is 1.64 bits per heavy atom. The van der Waals surface area contributed by atoms with E-state index in [1.54, 1.807) is 0 Å². The summed E-state index contributed by atoms with van der Waals surface area (Å²) in [5, 5.41) is 3.11. The standard InChI is InChI=1S/C22H28N2O/c1-3-18-9-11-20(12-10-18)23-21(25)22(2)13-15-24(16-14-22)17-19-7-5-4-6-8-19/h4-12H,3,13-17H2,1-2H3,(H,23,25). The van der Waals surface area contributed by atoms with Crippen LogP contribution in [0.4, 0.5) is 5.69 Å². The zero-order valence-corrected chi connectivity index (χ0v) is 15.3. The number of carbonyl (C=O) groups is 1. The van der Waals surface area contributed by atoms with Gasteiger partial charge in [0, 0.05) is 17.6 Å². The van der Waals surface area contributed by atoms with Crippen LogP contribution in [0, 0.1) is 5.41 Å². The molecule has 0 saturated carbocycles. The van der Waals surface area contributed by atoms with Crippen molar-refractivity contribution in [3.63, 3.8) is 0 Å². The monoisotopic (exact) mass is 336 g/mol. The van der Waals surface area contributed by atoms with E-state index in [4.69, 9.17) is 0 Å². The fourth-order valence-electron chi connectivity index (χ4n) is 3.38. The summed E-state index contributed by atoms with van der Waals surface area (Å²) in [6.07, 6.45) is 2.82. The van der Waals surface area contributed by atoms with Crippen molar-refractivity contribution in [2.24, 2.45) is 5.41 Å². The van der Waals surface area contributed by atoms with Gasteiger partial charge in [-0.05, 0) is 55.6 Å². The van der Waals surface area contributed by atoms with Crippen LogP contribution < -0.4 is 5.32 Å². The first kappa shape index (κ1) is 17.7. The third-order valence-corrected chi connectivity index (χ3v) is 5.38. The molecule has 2 aromatic carbocycles. The Labute approximate surface area is 151 Å². The Morgan fingerprint density at radius 3 is 2.24 bits per heavy atom. The number of nitrogens with one attached hydrogen (secondary N) is 1. The first-order chi connectivity index (χ1) is 12.1. The van der Waals surface area contributed by atoms with Crippen LogP contribution in [0.15, 0.2) is 54.6 Å². The van der Waals surface area contributed by atoms with Gasteiger partial charge < -0.3 is 5.32 Å². The highest BCUT2D eigenvalue weighted by atomic mass is 16.2. The molecule has 2 aromatic rings. The molecule has 1 heterocycles. The molecule has 0 aliphatic carbocycles. The zero-order valence-electron chi connectivity index (χ0n) is 15.3. The third kappa shape index (κ3) is 4.49. The average molecular weight is 336 g/mol. The maximum atomic E-state index is 12.8. The maximum absolute atomic E-state index is 12.8. The van der Waals surface area contributed by atoms with Crippen molar-refractivity contribution in [2.45, 2.75) is 39.7 Å². The molecule has 1 amide bonds. The molecule has 1 aliphatic heterocycles. The van der Waals surface area contributed by atoms with Crippen molar-refractivity contribution in [2.75, 3.05) is 18.4 Å². The summed E-state index contributed by atoms with van der Waals surface area (Å²) in [5.41, 5.74) is 3.25. The number of rotatable bonds is 5. The van der Waals surface area contributed by atoms with Crippen LogP contribution in [0.1, 0.15) is 37.8 Å². The summed E-state index contributed by atoms with van der Waals surface area (Å²) in [6.45, 7) is 7.14. The van der Waals surface area contributed by atoms with Gasteiger partial charge in [0.2, 0.25) is 5.91 Å². The normalized spacial score (nSPS) is 17.2. The topological polar surface area (TPSA) is 32.3 Å². The fourth-order valence-corrected chi connectivity index (χ4v) is 3.38. The van der Waals surface area contributed by atoms with E-state index in [0.29, 0.717) is 0 Å². The van der Waals surface area contributed by atoms with Crippen LogP contribution in [0.25, 0.3) is 0 Å². The zero-order chi connectivity index (χ0) is 17.7. The van der Waals surface area contributed by atoms with Crippen molar-refractivity contribution in [1.82, 2.24) is 4.90 Å². The maximum Gasteiger partial charge on any atom is 0.230 e. The van der Waals surface area contributed by atoms with Crippen LogP contribution in [0.2, 0.25) is 0 Å². The highest BCUT2D eigenvalue weighted by Gasteiger charge is 2.36. The van der Waals surface area contributed by atoms with Crippen LogP contribution in [0.5, 0.6) is 0 Å². The number of hydrogen-bond donors (Lipinski definition) is 1. The molecule has 0 bridgehead atoms. The smallest absolute Gasteiger partial charge is 0.230 e. The minimum atomic E-state index is -0.281. The second-order valence-corrected chi connectivity index (χ2v) is 7.33. The highest BCUT2D eigenvalue weighted by Crippen LogP contribution is 2.33. The SMILES string of the molecule is CCc1ccc(NC(=O)C2(C)CCN(Cc3ccccc3)CC2)cc1. The van der Waals surface area contributed by atoms with Crippen LogP contribution in [-0.4, -0.2) is 23.9 Å². The van der Waals surface area contributed by atoms with Crippen molar-refractivity contribution in [3.8, 4) is 0 Å². The molecule has 25 heavy (non-hydrogen) atoms. The molecule has 1 N–H and O–H groups in total. The van der Waals surface area contributed by atoms with E-state index in [1.165, 1.54) is 11.1 Å². The van der Waals surface area contributed by atoms with Gasteiger partial charge in [0.1, 0.15) is 0 Å². The summed E-state index contributed by atoms with van der Waals surface area (Å²) in [6, 6.07) is 18.7. The molecule has 3 rings (SSSR count). The molecule has 1 saturated heterocycles. The van der Waals surface area contributed by atoms with E-state index in [-0.39, 0.29) is 11.3 Å². The van der Waals surface area contributed by atoms with E-state index in [1.807, 2.05) is 18.2 Å². The van der Waals surface area contributed by atoms with Crippen LogP contribution >= 0.6 is 0 Å². The van der Waals surface area contributed by atoms with E-state index >= 15 is 0 Å². The minimum absolute atomic E-state index is 0.149. The molecular formula is C22H28N2O. The first-order valence-electron chi connectivity index (χ1n) is 9.26. The number of aryl methyl sites for hydroxylation is 1. The molecule has 0 spiro atoms. The number of amides is 1. The lowest BCUT2D eigenvalue weighted by molar-refractivity contribution is -0.127. The number of piperidine rings is 1. The van der Waals surface area contributed by atoms with Crippen LogP contribution in [-0.2, 0) is 17.8 Å². The predicted molar refractivity (Wildman–Crippen MR) is 104 cm³/mol. The lowest BCUT2D eigenvalue weighted by atomic mass is 9.79. The second-order valence-electron chi connectivity index (χ2n) is 7.33.